The Kier molecular flexibility index (Phi) is 3.79. The molecule has 0 saturated carbocycles. The third kappa shape index (κ3) is 2.66. The summed E-state index contributed by atoms with van der Waals surface area (Å²) in [7, 11) is 0. The van der Waals surface area contributed by atoms with Gasteiger partial charge in [0.05, 0.1) is 0 Å². The van der Waals surface area contributed by atoms with Crippen molar-refractivity contribution >= 4 is 17.7 Å². The van der Waals surface area contributed by atoms with Crippen LogP contribution in [0.1, 0.15) is 12.5 Å². The zero-order chi connectivity index (χ0) is 12.3. The number of aromatic hydroxyl groups is 2. The Labute approximate surface area is 98.7 Å². The lowest BCUT2D eigenvalue weighted by atomic mass is 9.94. The molecule has 16 heavy (non-hydrogen) atoms. The van der Waals surface area contributed by atoms with Crippen LogP contribution in [0.3, 0.4) is 0 Å². The quantitative estimate of drug-likeness (QED) is 0.227. The first kappa shape index (κ1) is 12.8. The Hall–Kier alpha value is -1.24. The van der Waals surface area contributed by atoms with E-state index in [0.717, 1.165) is 0 Å². The first-order valence-corrected chi connectivity index (χ1v) is 5.06. The highest BCUT2D eigenvalue weighted by molar-refractivity contribution is 7.96. The van der Waals surface area contributed by atoms with Gasteiger partial charge in [-0.2, -0.15) is 0 Å². The molecular formula is C10H14N2O3S. The lowest BCUT2D eigenvalue weighted by Crippen LogP contribution is -2.53. The van der Waals surface area contributed by atoms with Crippen LogP contribution in [-0.2, 0) is 11.2 Å². The van der Waals surface area contributed by atoms with Gasteiger partial charge >= 0.3 is 0 Å². The highest BCUT2D eigenvalue weighted by atomic mass is 32.1. The van der Waals surface area contributed by atoms with Crippen LogP contribution < -0.4 is 11.3 Å². The molecule has 0 aliphatic carbocycles. The van der Waals surface area contributed by atoms with E-state index in [1.807, 2.05) is 0 Å². The van der Waals surface area contributed by atoms with E-state index >= 15 is 0 Å². The van der Waals surface area contributed by atoms with Crippen LogP contribution in [0.4, 0.5) is 0 Å². The van der Waals surface area contributed by atoms with Crippen molar-refractivity contribution in [2.75, 3.05) is 0 Å². The lowest BCUT2D eigenvalue weighted by Gasteiger charge is -2.25. The smallest absolute Gasteiger partial charge is 0.207 e. The topological polar surface area (TPSA) is 95.6 Å². The van der Waals surface area contributed by atoms with Gasteiger partial charge in [-0.05, 0) is 31.0 Å². The zero-order valence-corrected chi connectivity index (χ0v) is 9.66. The summed E-state index contributed by atoms with van der Waals surface area (Å²) in [5.41, 5.74) is 2.05. The Morgan fingerprint density at radius 2 is 2.12 bits per heavy atom. The zero-order valence-electron chi connectivity index (χ0n) is 8.77. The average Bonchev–Trinajstić information content (AvgIpc) is 2.23. The average molecular weight is 242 g/mol. The first-order valence-electron chi connectivity index (χ1n) is 4.61. The molecule has 1 rings (SSSR count). The van der Waals surface area contributed by atoms with Crippen LogP contribution in [0, 0.1) is 0 Å². The van der Waals surface area contributed by atoms with Gasteiger partial charge in [0.15, 0.2) is 11.5 Å². The Morgan fingerprint density at radius 3 is 2.56 bits per heavy atom. The molecule has 1 atom stereocenters. The maximum absolute atomic E-state index is 11.3. The minimum Gasteiger partial charge on any atom is -0.504 e. The molecule has 6 heteroatoms. The van der Waals surface area contributed by atoms with E-state index in [1.54, 1.807) is 13.0 Å². The van der Waals surface area contributed by atoms with Crippen LogP contribution in [0.2, 0.25) is 0 Å². The Balaban J connectivity index is 2.95. The van der Waals surface area contributed by atoms with E-state index in [9.17, 15) is 9.90 Å². The van der Waals surface area contributed by atoms with E-state index in [0.29, 0.717) is 5.56 Å². The number of phenols is 2. The van der Waals surface area contributed by atoms with E-state index in [2.05, 4.69) is 18.1 Å². The fourth-order valence-electron chi connectivity index (χ4n) is 1.28. The Morgan fingerprint density at radius 1 is 1.50 bits per heavy atom. The number of phenolic OH excluding ortho intramolecular Hbond substituents is 2. The number of carbonyl (C=O) groups is 1. The molecule has 1 unspecified atom stereocenters. The number of thiol groups is 1. The van der Waals surface area contributed by atoms with Crippen LogP contribution in [0.5, 0.6) is 11.5 Å². The highest BCUT2D eigenvalue weighted by Crippen LogP contribution is 2.27. The van der Waals surface area contributed by atoms with Gasteiger partial charge in [0.2, 0.25) is 5.12 Å². The highest BCUT2D eigenvalue weighted by Gasteiger charge is 2.29. The molecule has 1 aromatic rings. The van der Waals surface area contributed by atoms with Crippen molar-refractivity contribution in [2.24, 2.45) is 5.84 Å². The van der Waals surface area contributed by atoms with Crippen LogP contribution >= 0.6 is 12.6 Å². The molecule has 0 heterocycles. The fourth-order valence-corrected chi connectivity index (χ4v) is 1.42. The van der Waals surface area contributed by atoms with Crippen molar-refractivity contribution in [1.29, 1.82) is 0 Å². The van der Waals surface area contributed by atoms with E-state index in [1.165, 1.54) is 12.1 Å². The predicted octanol–water partition coefficient (Wildman–Crippen LogP) is 0.319. The molecule has 1 aromatic carbocycles. The predicted molar refractivity (Wildman–Crippen MR) is 63.2 cm³/mol. The summed E-state index contributed by atoms with van der Waals surface area (Å²) < 4.78 is 0. The van der Waals surface area contributed by atoms with Gasteiger partial charge < -0.3 is 10.2 Å². The molecule has 0 radical (unpaired) electrons. The van der Waals surface area contributed by atoms with Crippen LogP contribution in [0.15, 0.2) is 18.2 Å². The Bertz CT molecular complexity index is 411. The molecule has 0 saturated heterocycles. The second-order valence-electron chi connectivity index (χ2n) is 3.78. The van der Waals surface area contributed by atoms with Crippen molar-refractivity contribution in [3.05, 3.63) is 23.8 Å². The molecule has 5 nitrogen and oxygen atoms in total. The number of nitrogens with one attached hydrogen (secondary N) is 1. The minimum absolute atomic E-state index is 0.205. The maximum atomic E-state index is 11.3. The first-order chi connectivity index (χ1) is 7.39. The summed E-state index contributed by atoms with van der Waals surface area (Å²) in [6, 6.07) is 4.33. The van der Waals surface area contributed by atoms with Crippen LogP contribution in [0.25, 0.3) is 0 Å². The van der Waals surface area contributed by atoms with Gasteiger partial charge in [0, 0.05) is 0 Å². The summed E-state index contributed by atoms with van der Waals surface area (Å²) in [6.45, 7) is 1.60. The molecule has 0 amide bonds. The summed E-state index contributed by atoms with van der Waals surface area (Å²) in [5.74, 6) is 4.85. The number of carbonyl (C=O) groups excluding carboxylic acids is 1. The summed E-state index contributed by atoms with van der Waals surface area (Å²) in [6.07, 6.45) is 0.264. The maximum Gasteiger partial charge on any atom is 0.207 e. The molecule has 5 N–H and O–H groups in total. The summed E-state index contributed by atoms with van der Waals surface area (Å²) in [4.78, 5) is 11.3. The fraction of sp³-hybridized carbons (Fsp3) is 0.300. The molecule has 88 valence electrons. The molecule has 0 aliphatic heterocycles. The molecule has 0 bridgehead atoms. The lowest BCUT2D eigenvalue weighted by molar-refractivity contribution is -0.116. The standard InChI is InChI=1S/C10H14N2O3S/c1-10(12-11,9(15)16)5-6-2-3-7(13)8(14)4-6/h2-4,12-14H,5,11H2,1H3,(H,15,16). The normalized spacial score (nSPS) is 14.4. The van der Waals surface area contributed by atoms with Gasteiger partial charge in [0.25, 0.3) is 0 Å². The number of rotatable bonds is 4. The van der Waals surface area contributed by atoms with Gasteiger partial charge in [0.1, 0.15) is 5.54 Å². The largest absolute Gasteiger partial charge is 0.504 e. The minimum atomic E-state index is -1.01. The second-order valence-corrected chi connectivity index (χ2v) is 4.19. The van der Waals surface area contributed by atoms with E-state index in [-0.39, 0.29) is 17.9 Å². The van der Waals surface area contributed by atoms with Gasteiger partial charge in [-0.1, -0.05) is 6.07 Å². The number of nitrogens with two attached hydrogens (primary N) is 1. The van der Waals surface area contributed by atoms with E-state index < -0.39 is 10.7 Å². The van der Waals surface area contributed by atoms with Crippen LogP contribution in [-0.4, -0.2) is 20.9 Å². The SMILES string of the molecule is CC(Cc1ccc(O)c(O)c1)(NN)C(=O)S. The van der Waals surface area contributed by atoms with Crippen molar-refractivity contribution < 1.29 is 15.0 Å². The van der Waals surface area contributed by atoms with Crippen molar-refractivity contribution in [3.8, 4) is 11.5 Å². The number of hydrazine groups is 1. The number of hydrogen-bond donors (Lipinski definition) is 5. The monoisotopic (exact) mass is 242 g/mol. The van der Waals surface area contributed by atoms with Gasteiger partial charge in [-0.15, -0.1) is 12.6 Å². The number of benzene rings is 1. The summed E-state index contributed by atoms with van der Waals surface area (Å²) >= 11 is 3.74. The van der Waals surface area contributed by atoms with Gasteiger partial charge in [-0.25, -0.2) is 5.43 Å². The van der Waals surface area contributed by atoms with E-state index in [4.69, 9.17) is 10.9 Å². The van der Waals surface area contributed by atoms with Crippen molar-refractivity contribution in [1.82, 2.24) is 5.43 Å². The summed E-state index contributed by atoms with van der Waals surface area (Å²) in [5, 5.41) is 18.0. The van der Waals surface area contributed by atoms with Crippen molar-refractivity contribution in [2.45, 2.75) is 18.9 Å². The second kappa shape index (κ2) is 4.73. The van der Waals surface area contributed by atoms with Crippen molar-refractivity contribution in [3.63, 3.8) is 0 Å². The third-order valence-corrected chi connectivity index (χ3v) is 2.88. The molecular weight excluding hydrogens is 228 g/mol. The third-order valence-electron chi connectivity index (χ3n) is 2.39. The molecule has 0 aromatic heterocycles. The molecule has 0 fully saturated rings. The number of hydrogen-bond acceptors (Lipinski definition) is 5. The molecule has 0 spiro atoms. The van der Waals surface area contributed by atoms with Gasteiger partial charge in [-0.3, -0.25) is 10.6 Å². The molecule has 0 aliphatic rings.